The first-order valence-electron chi connectivity index (χ1n) is 28.5. The van der Waals surface area contributed by atoms with Crippen LogP contribution in [0.3, 0.4) is 0 Å². The van der Waals surface area contributed by atoms with E-state index in [1.807, 2.05) is 0 Å². The van der Waals surface area contributed by atoms with Crippen LogP contribution in [0, 0.1) is 0 Å². The van der Waals surface area contributed by atoms with Crippen molar-refractivity contribution in [1.82, 2.24) is 0 Å². The zero-order valence-electron chi connectivity index (χ0n) is 47.3. The fraction of sp³-hybridized carbons (Fsp3) is 0.314. The first kappa shape index (κ1) is 47.3. The summed E-state index contributed by atoms with van der Waals surface area (Å²) in [4.78, 5) is 8.09. The number of hydrogen-bond acceptors (Lipinski definition) is 5. The van der Waals surface area contributed by atoms with Gasteiger partial charge >= 0.3 is 0 Å². The zero-order valence-corrected chi connectivity index (χ0v) is 48.3. The highest BCUT2D eigenvalue weighted by Gasteiger charge is 2.59. The van der Waals surface area contributed by atoms with Crippen LogP contribution in [0.4, 0.5) is 45.5 Å². The van der Waals surface area contributed by atoms with Crippen molar-refractivity contribution in [2.24, 2.45) is 0 Å². The van der Waals surface area contributed by atoms with Crippen LogP contribution < -0.4 is 41.5 Å². The lowest BCUT2D eigenvalue weighted by molar-refractivity contribution is 0.195. The minimum absolute atomic E-state index is 0.0138. The van der Waals surface area contributed by atoms with Gasteiger partial charge in [-0.2, -0.15) is 0 Å². The monoisotopic (exact) mass is 1020 g/mol. The van der Waals surface area contributed by atoms with E-state index in [0.717, 1.165) is 68.1 Å². The Balaban J connectivity index is 1.10. The van der Waals surface area contributed by atoms with Crippen molar-refractivity contribution in [2.45, 2.75) is 142 Å². The molecular formula is C70H70BN3O2Si. The van der Waals surface area contributed by atoms with E-state index < -0.39 is 8.07 Å². The SMILES string of the molecule is CC(C)(C)c1ccc2c(c1)C1(C)CCCCC1(C)N2c1cc2c3c(c1)N(c1cccc4c1oc1c(C(C)(C)C)cccc14)c1cccc4c1B3c1c(cccc1[Si]4(C)C)N2c1cccc2c1oc1c(C(C)(C)C)cccc12. The first-order valence-corrected chi connectivity index (χ1v) is 31.5. The molecule has 15 rings (SSSR count). The molecule has 0 spiro atoms. The van der Waals surface area contributed by atoms with Gasteiger partial charge in [-0.25, -0.2) is 0 Å². The van der Waals surface area contributed by atoms with E-state index in [4.69, 9.17) is 8.83 Å². The van der Waals surface area contributed by atoms with Crippen molar-refractivity contribution in [1.29, 1.82) is 0 Å². The maximum absolute atomic E-state index is 7.41. The lowest BCUT2D eigenvalue weighted by Crippen LogP contribution is -2.79. The van der Waals surface area contributed by atoms with Crippen LogP contribution in [-0.2, 0) is 21.7 Å². The van der Waals surface area contributed by atoms with Crippen LogP contribution in [-0.4, -0.2) is 20.3 Å². The minimum Gasteiger partial charge on any atom is -0.454 e. The van der Waals surface area contributed by atoms with Gasteiger partial charge in [-0.3, -0.25) is 0 Å². The normalized spacial score (nSPS) is 20.2. The summed E-state index contributed by atoms with van der Waals surface area (Å²) in [6.07, 6.45) is 4.68. The smallest absolute Gasteiger partial charge is 0.251 e. The molecule has 2 unspecified atom stereocenters. The minimum atomic E-state index is -2.33. The summed E-state index contributed by atoms with van der Waals surface area (Å²) in [6, 6.07) is 54.3. The Morgan fingerprint density at radius 3 is 1.40 bits per heavy atom. The molecule has 0 bridgehead atoms. The molecule has 1 saturated carbocycles. The molecule has 1 fully saturated rings. The standard InChI is InChI=1S/C70H70BN3O2Si/c1-66(2,3)41-34-35-50-49(38-41)69(10)36-14-15-37-70(69,11)74(50)42-39-55-59-56(40-42)73(54-31-19-25-46-44-23-17-27-48(68(7,8)9)63(44)76-65(46)54)52-29-21-33-58-61(52)71(59)60-51(28-20-32-57(60)77(58,12)13)72(55)53-30-18-24-45-43-22-16-26-47(67(4,5)6)62(43)75-64(45)53/h16-35,38-40H,14-15,36-37H2,1-13H3. The molecule has 10 aromatic rings. The van der Waals surface area contributed by atoms with Crippen molar-refractivity contribution < 1.29 is 8.83 Å². The van der Waals surface area contributed by atoms with Gasteiger partial charge in [0.05, 0.1) is 16.9 Å². The van der Waals surface area contributed by atoms with Crippen LogP contribution in [0.5, 0.6) is 0 Å². The summed E-state index contributed by atoms with van der Waals surface area (Å²) >= 11 is 0. The third-order valence-corrected chi connectivity index (χ3v) is 23.4. The maximum atomic E-state index is 7.41. The Hall–Kier alpha value is -6.96. The first-order chi connectivity index (χ1) is 36.6. The summed E-state index contributed by atoms with van der Waals surface area (Å²) in [5.41, 5.74) is 22.5. The molecule has 7 heteroatoms. The summed E-state index contributed by atoms with van der Waals surface area (Å²) in [6.45, 7) is 31.2. The van der Waals surface area contributed by atoms with E-state index >= 15 is 0 Å². The number of furan rings is 2. The Kier molecular flexibility index (Phi) is 9.33. The van der Waals surface area contributed by atoms with Gasteiger partial charge in [0.25, 0.3) is 6.71 Å². The van der Waals surface area contributed by atoms with Gasteiger partial charge in [-0.05, 0) is 106 Å². The predicted octanol–water partition coefficient (Wildman–Crippen LogP) is 16.3. The van der Waals surface area contributed by atoms with Crippen LogP contribution >= 0.6 is 0 Å². The van der Waals surface area contributed by atoms with Gasteiger partial charge in [-0.15, -0.1) is 0 Å². The predicted molar refractivity (Wildman–Crippen MR) is 331 cm³/mol. The topological polar surface area (TPSA) is 36.0 Å². The maximum Gasteiger partial charge on any atom is 0.251 e. The molecule has 8 aromatic carbocycles. The van der Waals surface area contributed by atoms with Crippen molar-refractivity contribution in [2.75, 3.05) is 14.7 Å². The highest BCUT2D eigenvalue weighted by Crippen LogP contribution is 2.62. The number of anilines is 8. The van der Waals surface area contributed by atoms with Crippen molar-refractivity contribution in [3.63, 3.8) is 0 Å². The Labute approximate surface area is 456 Å². The van der Waals surface area contributed by atoms with E-state index in [2.05, 4.69) is 243 Å². The number of benzene rings is 8. The Morgan fingerprint density at radius 2 is 0.909 bits per heavy atom. The Morgan fingerprint density at radius 1 is 0.455 bits per heavy atom. The summed E-state index contributed by atoms with van der Waals surface area (Å²) < 4.78 is 14.8. The number of nitrogens with zero attached hydrogens (tertiary/aromatic N) is 3. The van der Waals surface area contributed by atoms with E-state index in [-0.39, 0.29) is 33.9 Å². The third-order valence-electron chi connectivity index (χ3n) is 19.8. The van der Waals surface area contributed by atoms with Crippen LogP contribution in [0.2, 0.25) is 13.1 Å². The second-order valence-electron chi connectivity index (χ2n) is 27.6. The van der Waals surface area contributed by atoms with Gasteiger partial charge in [0, 0.05) is 72.2 Å². The molecular weight excluding hydrogens is 954 g/mol. The number of rotatable bonds is 3. The molecule has 384 valence electrons. The summed E-state index contributed by atoms with van der Waals surface area (Å²) in [5.74, 6) is 0. The molecule has 4 aliphatic heterocycles. The van der Waals surface area contributed by atoms with Crippen molar-refractivity contribution in [3.05, 3.63) is 162 Å². The molecule has 77 heavy (non-hydrogen) atoms. The molecule has 0 radical (unpaired) electrons. The second kappa shape index (κ2) is 15.2. The molecule has 5 aliphatic rings. The van der Waals surface area contributed by atoms with E-state index in [1.165, 1.54) is 96.0 Å². The second-order valence-corrected chi connectivity index (χ2v) is 31.9. The average Bonchev–Trinajstić information content (AvgIpc) is 4.01. The molecule has 5 nitrogen and oxygen atoms in total. The lowest BCUT2D eigenvalue weighted by Gasteiger charge is -2.52. The van der Waals surface area contributed by atoms with Crippen LogP contribution in [0.1, 0.15) is 124 Å². The lowest BCUT2D eigenvalue weighted by atomic mass is 9.33. The molecule has 0 N–H and O–H groups in total. The fourth-order valence-corrected chi connectivity index (χ4v) is 18.9. The molecule has 0 amide bonds. The highest BCUT2D eigenvalue weighted by molar-refractivity contribution is 7.16. The molecule has 2 atom stereocenters. The van der Waals surface area contributed by atoms with Gasteiger partial charge in [0.15, 0.2) is 11.2 Å². The quantitative estimate of drug-likeness (QED) is 0.165. The van der Waals surface area contributed by atoms with E-state index in [1.54, 1.807) is 0 Å². The highest BCUT2D eigenvalue weighted by atomic mass is 28.3. The summed E-state index contributed by atoms with van der Waals surface area (Å²) in [5, 5.41) is 7.63. The van der Waals surface area contributed by atoms with Gasteiger partial charge in [-0.1, -0.05) is 203 Å². The zero-order chi connectivity index (χ0) is 53.2. The van der Waals surface area contributed by atoms with Crippen molar-refractivity contribution in [3.8, 4) is 0 Å². The molecule has 0 saturated heterocycles. The van der Waals surface area contributed by atoms with E-state index in [0.29, 0.717) is 0 Å². The van der Waals surface area contributed by atoms with Gasteiger partial charge in [0.1, 0.15) is 19.2 Å². The largest absolute Gasteiger partial charge is 0.454 e. The molecule has 2 aromatic heterocycles. The Bertz CT molecular complexity index is 4020. The fourth-order valence-electron chi connectivity index (χ4n) is 15.7. The van der Waals surface area contributed by atoms with Gasteiger partial charge in [0.2, 0.25) is 0 Å². The van der Waals surface area contributed by atoms with Gasteiger partial charge < -0.3 is 23.5 Å². The third kappa shape index (κ3) is 6.07. The van der Waals surface area contributed by atoms with Crippen LogP contribution in [0.25, 0.3) is 43.9 Å². The number of hydrogen-bond donors (Lipinski definition) is 0. The number of fused-ring (bicyclic) bond motifs is 9. The summed E-state index contributed by atoms with van der Waals surface area (Å²) in [7, 11) is -2.33. The van der Waals surface area contributed by atoms with Crippen molar-refractivity contribution >= 4 is 131 Å². The average molecular weight is 1020 g/mol. The molecule has 1 aliphatic carbocycles. The van der Waals surface area contributed by atoms with Crippen LogP contribution in [0.15, 0.2) is 148 Å². The molecule has 6 heterocycles. The number of para-hydroxylation sites is 4. The van der Waals surface area contributed by atoms with E-state index in [9.17, 15) is 0 Å².